The third-order valence-corrected chi connectivity index (χ3v) is 6.62. The Kier molecular flexibility index (Phi) is 6.75. The van der Waals surface area contributed by atoms with E-state index in [0.717, 1.165) is 57.7 Å². The molecule has 34 heavy (non-hydrogen) atoms. The predicted octanol–water partition coefficient (Wildman–Crippen LogP) is 8.56. The van der Waals surface area contributed by atoms with Crippen LogP contribution in [0.15, 0.2) is 48.5 Å². The Balaban J connectivity index is 1.72. The number of aromatic nitrogens is 4. The number of H-pyrrole nitrogens is 2. The Morgan fingerprint density at radius 1 is 0.559 bits per heavy atom. The third-order valence-electron chi connectivity index (χ3n) is 6.62. The van der Waals surface area contributed by atoms with Crippen LogP contribution in [0.25, 0.3) is 45.4 Å². The maximum Gasteiger partial charge on any atom is 0.0694 e. The van der Waals surface area contributed by atoms with Crippen molar-refractivity contribution in [2.24, 2.45) is 0 Å². The van der Waals surface area contributed by atoms with Crippen molar-refractivity contribution in [1.82, 2.24) is 19.9 Å². The van der Waals surface area contributed by atoms with Gasteiger partial charge in [0.25, 0.3) is 0 Å². The van der Waals surface area contributed by atoms with Crippen LogP contribution in [0.3, 0.4) is 0 Å². The van der Waals surface area contributed by atoms with Crippen LogP contribution >= 0.6 is 0 Å². The molecule has 5 heterocycles. The predicted molar refractivity (Wildman–Crippen MR) is 145 cm³/mol. The van der Waals surface area contributed by atoms with E-state index in [9.17, 15) is 0 Å². The lowest BCUT2D eigenvalue weighted by Gasteiger charge is -2.08. The minimum atomic E-state index is 0.961. The Labute approximate surface area is 201 Å². The van der Waals surface area contributed by atoms with E-state index in [0.29, 0.717) is 0 Å². The van der Waals surface area contributed by atoms with Gasteiger partial charge in [-0.3, -0.25) is 0 Å². The molecule has 0 saturated carbocycles. The minimum Gasteiger partial charge on any atom is -0.355 e. The van der Waals surface area contributed by atoms with E-state index in [4.69, 9.17) is 9.97 Å². The fourth-order valence-corrected chi connectivity index (χ4v) is 4.84. The highest BCUT2D eigenvalue weighted by molar-refractivity contribution is 5.93. The summed E-state index contributed by atoms with van der Waals surface area (Å²) in [6.45, 7) is 4.53. The molecule has 8 bridgehead atoms. The van der Waals surface area contributed by atoms with Gasteiger partial charge in [-0.1, -0.05) is 39.5 Å². The molecule has 0 amide bonds. The second-order valence-corrected chi connectivity index (χ2v) is 9.36. The zero-order chi connectivity index (χ0) is 23.3. The molecule has 4 heteroatoms. The van der Waals surface area contributed by atoms with Crippen LogP contribution < -0.4 is 0 Å². The van der Waals surface area contributed by atoms with Crippen LogP contribution in [-0.2, 0) is 0 Å². The van der Waals surface area contributed by atoms with E-state index in [1.807, 2.05) is 0 Å². The van der Waals surface area contributed by atoms with Gasteiger partial charge >= 0.3 is 0 Å². The lowest BCUT2D eigenvalue weighted by Crippen LogP contribution is -1.88. The molecule has 2 aliphatic rings. The van der Waals surface area contributed by atoms with Crippen molar-refractivity contribution in [3.63, 3.8) is 0 Å². The Hall–Kier alpha value is -3.40. The van der Waals surface area contributed by atoms with Gasteiger partial charge in [0.05, 0.1) is 22.8 Å². The van der Waals surface area contributed by atoms with Crippen molar-refractivity contribution in [2.75, 3.05) is 0 Å². The van der Waals surface area contributed by atoms with Gasteiger partial charge in [-0.15, -0.1) is 0 Å². The van der Waals surface area contributed by atoms with Gasteiger partial charge in [0, 0.05) is 22.1 Å². The summed E-state index contributed by atoms with van der Waals surface area (Å²) in [6.07, 6.45) is 13.7. The smallest absolute Gasteiger partial charge is 0.0694 e. The Morgan fingerprint density at radius 3 is 1.65 bits per heavy atom. The first-order chi connectivity index (χ1) is 16.7. The number of fused-ring (bicyclic) bond motifs is 8. The third kappa shape index (κ3) is 5.06. The number of hydrogen-bond acceptors (Lipinski definition) is 2. The number of hydrogen-bond donors (Lipinski definition) is 2. The van der Waals surface area contributed by atoms with E-state index >= 15 is 0 Å². The lowest BCUT2D eigenvalue weighted by atomic mass is 9.95. The van der Waals surface area contributed by atoms with E-state index in [2.05, 4.69) is 84.5 Å². The first-order valence-electron chi connectivity index (χ1n) is 12.8. The van der Waals surface area contributed by atoms with E-state index in [1.54, 1.807) is 0 Å². The molecular weight excluding hydrogens is 416 g/mol. The summed E-state index contributed by atoms with van der Waals surface area (Å²) in [5.41, 5.74) is 11.3. The number of aromatic amines is 2. The van der Waals surface area contributed by atoms with Gasteiger partial charge < -0.3 is 9.97 Å². The zero-order valence-electron chi connectivity index (χ0n) is 20.3. The summed E-state index contributed by atoms with van der Waals surface area (Å²) in [5.74, 6) is 0. The highest BCUT2D eigenvalue weighted by atomic mass is 14.8. The number of nitrogens with one attached hydrogen (secondary N) is 2. The number of rotatable bonds is 8. The van der Waals surface area contributed by atoms with E-state index in [-0.39, 0.29) is 0 Å². The Bertz CT molecular complexity index is 1380. The quantitative estimate of drug-likeness (QED) is 0.264. The van der Waals surface area contributed by atoms with Gasteiger partial charge in [-0.05, 0) is 97.5 Å². The van der Waals surface area contributed by atoms with E-state index in [1.165, 1.54) is 49.7 Å². The molecule has 3 aromatic rings. The molecule has 0 atom stereocenters. The summed E-state index contributed by atoms with van der Waals surface area (Å²) < 4.78 is 0. The average Bonchev–Trinajstić information content (AvgIpc) is 3.61. The van der Waals surface area contributed by atoms with Crippen LogP contribution in [0, 0.1) is 0 Å². The summed E-state index contributed by atoms with van der Waals surface area (Å²) >= 11 is 0. The largest absolute Gasteiger partial charge is 0.355 e. The normalized spacial score (nSPS) is 13.1. The van der Waals surface area contributed by atoms with Crippen molar-refractivity contribution in [3.05, 3.63) is 71.3 Å². The molecule has 5 rings (SSSR count). The summed E-state index contributed by atoms with van der Waals surface area (Å²) in [7, 11) is 0. The monoisotopic (exact) mass is 450 g/mol. The number of nitrogens with zero attached hydrogens (tertiary/aromatic N) is 2. The molecule has 4 nitrogen and oxygen atoms in total. The SMILES string of the molecule is CCCCCC1=C(CCCCC)c2cc3ccc(cc4ccc(cc5nc(cc1n2)C=C5)[nH]4)[nH]3. The van der Waals surface area contributed by atoms with Crippen LogP contribution in [0.4, 0.5) is 0 Å². The van der Waals surface area contributed by atoms with Crippen LogP contribution in [0.5, 0.6) is 0 Å². The van der Waals surface area contributed by atoms with Crippen molar-refractivity contribution in [3.8, 4) is 0 Å². The van der Waals surface area contributed by atoms with Crippen molar-refractivity contribution >= 4 is 45.4 Å². The zero-order valence-corrected chi connectivity index (χ0v) is 20.3. The van der Waals surface area contributed by atoms with Gasteiger partial charge in [0.1, 0.15) is 0 Å². The van der Waals surface area contributed by atoms with Crippen molar-refractivity contribution < 1.29 is 0 Å². The van der Waals surface area contributed by atoms with Crippen LogP contribution in [-0.4, -0.2) is 19.9 Å². The number of unbranched alkanes of at least 4 members (excludes halogenated alkanes) is 4. The fourth-order valence-electron chi connectivity index (χ4n) is 4.84. The maximum absolute atomic E-state index is 5.18. The molecule has 2 N–H and O–H groups in total. The average molecular weight is 451 g/mol. The first kappa shape index (κ1) is 22.4. The van der Waals surface area contributed by atoms with Crippen LogP contribution in [0.1, 0.15) is 88.0 Å². The second kappa shape index (κ2) is 10.3. The molecule has 3 aromatic heterocycles. The molecule has 174 valence electrons. The highest BCUT2D eigenvalue weighted by Gasteiger charge is 2.19. The van der Waals surface area contributed by atoms with Crippen LogP contribution in [0.2, 0.25) is 0 Å². The minimum absolute atomic E-state index is 0.961. The molecule has 0 saturated heterocycles. The molecule has 2 aliphatic heterocycles. The summed E-state index contributed by atoms with van der Waals surface area (Å²) in [4.78, 5) is 17.1. The fraction of sp³-hybridized carbons (Fsp3) is 0.333. The van der Waals surface area contributed by atoms with Gasteiger partial charge in [-0.2, -0.15) is 0 Å². The Morgan fingerprint density at radius 2 is 1.06 bits per heavy atom. The van der Waals surface area contributed by atoms with Crippen molar-refractivity contribution in [1.29, 1.82) is 0 Å². The highest BCUT2D eigenvalue weighted by Crippen LogP contribution is 2.37. The van der Waals surface area contributed by atoms with E-state index < -0.39 is 0 Å². The molecular formula is C30H34N4. The first-order valence-corrected chi connectivity index (χ1v) is 12.8. The topological polar surface area (TPSA) is 57.4 Å². The molecule has 0 fully saturated rings. The lowest BCUT2D eigenvalue weighted by molar-refractivity contribution is 0.727. The molecule has 0 spiro atoms. The van der Waals surface area contributed by atoms with Gasteiger partial charge in [0.15, 0.2) is 0 Å². The second-order valence-electron chi connectivity index (χ2n) is 9.36. The van der Waals surface area contributed by atoms with Crippen molar-refractivity contribution in [2.45, 2.75) is 65.2 Å². The maximum atomic E-state index is 5.18. The molecule has 0 aliphatic carbocycles. The summed E-state index contributed by atoms with van der Waals surface area (Å²) in [6, 6.07) is 17.1. The van der Waals surface area contributed by atoms with Gasteiger partial charge in [-0.25, -0.2) is 9.97 Å². The molecule has 0 radical (unpaired) electrons. The molecule has 0 unspecified atom stereocenters. The number of allylic oxidation sites excluding steroid dienone is 2. The molecule has 0 aromatic carbocycles. The summed E-state index contributed by atoms with van der Waals surface area (Å²) in [5, 5.41) is 0. The standard InChI is InChI=1S/C30H34N4/c1-3-5-7-9-27-28(10-8-6-4-2)30-20-26-16-14-24(33-26)18-22-12-11-21(31-22)17-23-13-15-25(32-23)19-29(27)34-30/h11-20,31-32H,3-10H2,1-2H3. The van der Waals surface area contributed by atoms with Gasteiger partial charge in [0.2, 0.25) is 0 Å².